The van der Waals surface area contributed by atoms with E-state index in [2.05, 4.69) is 18.4 Å². The molecule has 0 atom stereocenters. The molecule has 7 heavy (non-hydrogen) atoms. The molecule has 1 rings (SSSR count). The Balaban J connectivity index is 0. The summed E-state index contributed by atoms with van der Waals surface area (Å²) >= 11 is 0. The zero-order valence-electron chi connectivity index (χ0n) is 4.52. The van der Waals surface area contributed by atoms with Crippen LogP contribution in [-0.4, -0.2) is 25.0 Å². The summed E-state index contributed by atoms with van der Waals surface area (Å²) in [6.07, 6.45) is 2.25. The number of halogens is 1. The van der Waals surface area contributed by atoms with Gasteiger partial charge in [0.1, 0.15) is 0 Å². The Morgan fingerprint density at radius 3 is 1.71 bits per heavy atom. The summed E-state index contributed by atoms with van der Waals surface area (Å²) < 4.78 is 0. The summed E-state index contributed by atoms with van der Waals surface area (Å²) in [6, 6.07) is 0. The van der Waals surface area contributed by atoms with Crippen molar-refractivity contribution in [3.05, 3.63) is 6.42 Å². The molecule has 3 heteroatoms. The van der Waals surface area contributed by atoms with Crippen LogP contribution in [0.5, 0.6) is 0 Å². The van der Waals surface area contributed by atoms with Crippen LogP contribution in [0.1, 0.15) is 0 Å². The van der Waals surface area contributed by atoms with Gasteiger partial charge >= 0.3 is 19.5 Å². The zero-order valence-corrected chi connectivity index (χ0v) is 9.65. The van der Waals surface area contributed by atoms with Gasteiger partial charge in [0.15, 0.2) is 0 Å². The molecule has 0 unspecified atom stereocenters. The number of nitrogens with zero attached hydrogens (tertiary/aromatic N) is 1. The fourth-order valence-electron chi connectivity index (χ4n) is 0.387. The molecule has 1 fully saturated rings. The fourth-order valence-corrected chi connectivity index (χ4v) is 0.387. The smallest absolute Gasteiger partial charge is 1.00 e. The maximum absolute atomic E-state index is 2.25. The summed E-state index contributed by atoms with van der Waals surface area (Å²) in [5, 5.41) is 0. The van der Waals surface area contributed by atoms with Gasteiger partial charge in [-0.15, -0.1) is 13.1 Å². The van der Waals surface area contributed by atoms with Crippen LogP contribution in [0.15, 0.2) is 0 Å². The van der Waals surface area contributed by atoms with E-state index in [0.29, 0.717) is 0 Å². The van der Waals surface area contributed by atoms with Crippen molar-refractivity contribution in [2.24, 2.45) is 0 Å². The van der Waals surface area contributed by atoms with Crippen LogP contribution in [0, 0.1) is 6.42 Å². The molecule has 0 radical (unpaired) electrons. The Morgan fingerprint density at radius 1 is 1.43 bits per heavy atom. The maximum atomic E-state index is 2.25. The van der Waals surface area contributed by atoms with E-state index >= 15 is 0 Å². The van der Waals surface area contributed by atoms with Crippen LogP contribution in [0.3, 0.4) is 0 Å². The molecule has 0 aromatic carbocycles. The summed E-state index contributed by atoms with van der Waals surface area (Å²) in [7, 11) is 2.11. The zero-order chi connectivity index (χ0) is 3.70. The molecule has 38 valence electrons. The molecular weight excluding hydrogens is 254 g/mol. The molecule has 1 saturated heterocycles. The average molecular weight is 262 g/mol. The minimum Gasteiger partial charge on any atom is -1.00 e. The SMILES string of the molecule is CN1C[CH-]C1.[I-].[Zn+2]. The monoisotopic (exact) mass is 261 g/mol. The van der Waals surface area contributed by atoms with Crippen molar-refractivity contribution in [1.29, 1.82) is 0 Å². The van der Waals surface area contributed by atoms with Gasteiger partial charge in [-0.25, -0.2) is 0 Å². The third-order valence-electron chi connectivity index (χ3n) is 0.882. The van der Waals surface area contributed by atoms with Gasteiger partial charge in [-0.3, -0.25) is 0 Å². The predicted molar refractivity (Wildman–Crippen MR) is 21.8 cm³/mol. The van der Waals surface area contributed by atoms with Gasteiger partial charge in [-0.2, -0.15) is 0 Å². The normalized spacial score (nSPS) is 18.4. The number of hydrogen-bond acceptors (Lipinski definition) is 1. The summed E-state index contributed by atoms with van der Waals surface area (Å²) in [6.45, 7) is 2.39. The van der Waals surface area contributed by atoms with E-state index in [1.54, 1.807) is 0 Å². The summed E-state index contributed by atoms with van der Waals surface area (Å²) in [4.78, 5) is 2.25. The molecule has 1 aliphatic rings. The first kappa shape index (κ1) is 11.2. The minimum absolute atomic E-state index is 0. The van der Waals surface area contributed by atoms with E-state index in [4.69, 9.17) is 0 Å². The van der Waals surface area contributed by atoms with Crippen molar-refractivity contribution in [1.82, 2.24) is 4.90 Å². The molecule has 0 aromatic rings. The molecule has 1 heterocycles. The minimum atomic E-state index is 0. The quantitative estimate of drug-likeness (QED) is 0.258. The van der Waals surface area contributed by atoms with Crippen LogP contribution < -0.4 is 24.0 Å². The molecule has 1 aliphatic heterocycles. The Labute approximate surface area is 74.6 Å². The van der Waals surface area contributed by atoms with Gasteiger partial charge in [0.05, 0.1) is 0 Å². The van der Waals surface area contributed by atoms with Crippen molar-refractivity contribution in [2.45, 2.75) is 0 Å². The van der Waals surface area contributed by atoms with Crippen LogP contribution >= 0.6 is 0 Å². The first-order chi connectivity index (χ1) is 2.39. The van der Waals surface area contributed by atoms with Gasteiger partial charge in [0.2, 0.25) is 0 Å². The van der Waals surface area contributed by atoms with Crippen molar-refractivity contribution in [3.63, 3.8) is 0 Å². The fraction of sp³-hybridized carbons (Fsp3) is 0.750. The van der Waals surface area contributed by atoms with Gasteiger partial charge < -0.3 is 35.3 Å². The van der Waals surface area contributed by atoms with Crippen molar-refractivity contribution < 1.29 is 43.5 Å². The summed E-state index contributed by atoms with van der Waals surface area (Å²) in [5.74, 6) is 0. The second-order valence-electron chi connectivity index (χ2n) is 1.51. The third kappa shape index (κ3) is 3.86. The van der Waals surface area contributed by atoms with Gasteiger partial charge in [-0.1, -0.05) is 0 Å². The van der Waals surface area contributed by atoms with Crippen molar-refractivity contribution >= 4 is 0 Å². The molecule has 1 nitrogen and oxygen atoms in total. The van der Waals surface area contributed by atoms with Crippen molar-refractivity contribution in [2.75, 3.05) is 20.1 Å². The van der Waals surface area contributed by atoms with E-state index in [9.17, 15) is 0 Å². The van der Waals surface area contributed by atoms with E-state index in [0.717, 1.165) is 0 Å². The summed E-state index contributed by atoms with van der Waals surface area (Å²) in [5.41, 5.74) is 0. The van der Waals surface area contributed by atoms with Crippen LogP contribution in [0.2, 0.25) is 0 Å². The number of rotatable bonds is 0. The second-order valence-corrected chi connectivity index (χ2v) is 1.51. The van der Waals surface area contributed by atoms with Crippen molar-refractivity contribution in [3.8, 4) is 0 Å². The molecule has 0 amide bonds. The molecule has 0 aromatic heterocycles. The van der Waals surface area contributed by atoms with Crippen LogP contribution in [-0.2, 0) is 19.5 Å². The van der Waals surface area contributed by atoms with E-state index < -0.39 is 0 Å². The third-order valence-corrected chi connectivity index (χ3v) is 0.882. The van der Waals surface area contributed by atoms with E-state index in [1.807, 2.05) is 0 Å². The largest absolute Gasteiger partial charge is 2.00 e. The molecule has 0 bridgehead atoms. The van der Waals surface area contributed by atoms with Gasteiger partial charge in [-0.05, 0) is 7.05 Å². The second kappa shape index (κ2) is 5.45. The average Bonchev–Trinajstić information content (AvgIpc) is 1.30. The van der Waals surface area contributed by atoms with Gasteiger partial charge in [0.25, 0.3) is 0 Å². The maximum Gasteiger partial charge on any atom is 2.00 e. The molecule has 0 N–H and O–H groups in total. The predicted octanol–water partition coefficient (Wildman–Crippen LogP) is -2.86. The van der Waals surface area contributed by atoms with E-state index in [-0.39, 0.29) is 43.5 Å². The van der Waals surface area contributed by atoms with Crippen LogP contribution in [0.25, 0.3) is 0 Å². The first-order valence-electron chi connectivity index (χ1n) is 1.90. The molecule has 0 spiro atoms. The Morgan fingerprint density at radius 2 is 1.71 bits per heavy atom. The molecule has 0 saturated carbocycles. The Bertz CT molecular complexity index is 38.7. The number of hydrogen-bond donors (Lipinski definition) is 0. The van der Waals surface area contributed by atoms with Crippen LogP contribution in [0.4, 0.5) is 0 Å². The number of likely N-dealkylation sites (tertiary alicyclic amines) is 1. The Hall–Kier alpha value is 1.31. The standard InChI is InChI=1S/C4H8N.HI.Zn/c1-5-3-2-4-5;;/h2H,3-4H2,1H3;1H;/q-1;;+2/p-1. The van der Waals surface area contributed by atoms with E-state index in [1.165, 1.54) is 13.1 Å². The molecular formula is C4H8INZn. The first-order valence-corrected chi connectivity index (χ1v) is 1.90. The van der Waals surface area contributed by atoms with Gasteiger partial charge in [0, 0.05) is 0 Å². The topological polar surface area (TPSA) is 3.24 Å². The molecule has 0 aliphatic carbocycles. The Kier molecular flexibility index (Phi) is 8.69.